The molecule has 80 valence electrons. The molecule has 14 heavy (non-hydrogen) atoms. The zero-order valence-corrected chi connectivity index (χ0v) is 8.49. The van der Waals surface area contributed by atoms with Gasteiger partial charge in [-0.15, -0.1) is 0 Å². The maximum atomic E-state index is 11.2. The van der Waals surface area contributed by atoms with Gasteiger partial charge in [0, 0.05) is 6.42 Å². The predicted octanol–water partition coefficient (Wildman–Crippen LogP) is -0.203. The highest BCUT2D eigenvalue weighted by Crippen LogP contribution is 2.13. The molecular weight excluding hydrogens is 186 g/mol. The van der Waals surface area contributed by atoms with Crippen LogP contribution in [0.2, 0.25) is 0 Å². The van der Waals surface area contributed by atoms with E-state index in [1.165, 1.54) is 7.11 Å². The summed E-state index contributed by atoms with van der Waals surface area (Å²) in [5.41, 5.74) is 0. The minimum absolute atomic E-state index is 0.146. The van der Waals surface area contributed by atoms with Gasteiger partial charge in [-0.2, -0.15) is 0 Å². The molecule has 0 amide bonds. The number of carbonyl (C=O) groups is 2. The summed E-state index contributed by atoms with van der Waals surface area (Å²) >= 11 is 0. The van der Waals surface area contributed by atoms with E-state index in [1.807, 2.05) is 6.92 Å². The Labute approximate surface area is 83.0 Å². The van der Waals surface area contributed by atoms with Crippen LogP contribution in [0.5, 0.6) is 0 Å². The molecule has 0 aliphatic carbocycles. The fourth-order valence-electron chi connectivity index (χ4n) is 1.49. The van der Waals surface area contributed by atoms with E-state index in [0.717, 1.165) is 0 Å². The summed E-state index contributed by atoms with van der Waals surface area (Å²) in [6.07, 6.45) is 0.656. The maximum absolute atomic E-state index is 11.2. The number of nitrogens with zero attached hydrogens (tertiary/aromatic N) is 1. The van der Waals surface area contributed by atoms with Crippen molar-refractivity contribution in [3.05, 3.63) is 0 Å². The molecule has 0 bridgehead atoms. The largest absolute Gasteiger partial charge is 0.468 e. The third kappa shape index (κ3) is 2.45. The molecular formula is C9H15NO4. The number of methoxy groups -OCH3 is 1. The number of esters is 2. The van der Waals surface area contributed by atoms with Crippen molar-refractivity contribution in [3.8, 4) is 0 Å². The molecule has 0 aromatic heterocycles. The van der Waals surface area contributed by atoms with Gasteiger partial charge in [-0.3, -0.25) is 14.5 Å². The molecule has 5 heteroatoms. The van der Waals surface area contributed by atoms with Crippen molar-refractivity contribution in [2.75, 3.05) is 26.8 Å². The Morgan fingerprint density at radius 1 is 1.71 bits per heavy atom. The van der Waals surface area contributed by atoms with Crippen molar-refractivity contribution in [2.45, 2.75) is 19.4 Å². The highest BCUT2D eigenvalue weighted by molar-refractivity contribution is 5.79. The Kier molecular flexibility index (Phi) is 3.88. The summed E-state index contributed by atoms with van der Waals surface area (Å²) < 4.78 is 9.38. The van der Waals surface area contributed by atoms with Crippen LogP contribution < -0.4 is 0 Å². The number of cyclic esters (lactones) is 1. The Morgan fingerprint density at radius 3 is 2.86 bits per heavy atom. The lowest BCUT2D eigenvalue weighted by molar-refractivity contribution is -0.146. The van der Waals surface area contributed by atoms with Gasteiger partial charge in [0.05, 0.1) is 20.3 Å². The highest BCUT2D eigenvalue weighted by atomic mass is 16.5. The average molecular weight is 201 g/mol. The Balaban J connectivity index is 2.52. The van der Waals surface area contributed by atoms with Crippen LogP contribution in [0.1, 0.15) is 13.3 Å². The lowest BCUT2D eigenvalue weighted by Gasteiger charge is -2.22. The zero-order valence-electron chi connectivity index (χ0n) is 8.49. The first kappa shape index (κ1) is 11.0. The van der Waals surface area contributed by atoms with Crippen LogP contribution in [0, 0.1) is 0 Å². The van der Waals surface area contributed by atoms with E-state index < -0.39 is 0 Å². The molecule has 5 nitrogen and oxygen atoms in total. The lowest BCUT2D eigenvalue weighted by atomic mass is 10.2. The SMILES string of the molecule is CCN(CC(=O)OC)C1CCOC1=O. The molecule has 0 N–H and O–H groups in total. The highest BCUT2D eigenvalue weighted by Gasteiger charge is 2.32. The van der Waals surface area contributed by atoms with Crippen LogP contribution in [0.15, 0.2) is 0 Å². The van der Waals surface area contributed by atoms with Gasteiger partial charge >= 0.3 is 11.9 Å². The van der Waals surface area contributed by atoms with Crippen molar-refractivity contribution < 1.29 is 19.1 Å². The number of hydrogen-bond donors (Lipinski definition) is 0. The van der Waals surface area contributed by atoms with Gasteiger partial charge in [0.15, 0.2) is 0 Å². The number of likely N-dealkylation sites (N-methyl/N-ethyl adjacent to an activating group) is 1. The van der Waals surface area contributed by atoms with E-state index in [2.05, 4.69) is 4.74 Å². The molecule has 0 saturated carbocycles. The predicted molar refractivity (Wildman–Crippen MR) is 48.6 cm³/mol. The summed E-state index contributed by atoms with van der Waals surface area (Å²) in [6, 6.07) is -0.279. The van der Waals surface area contributed by atoms with E-state index in [4.69, 9.17) is 4.74 Å². The van der Waals surface area contributed by atoms with Gasteiger partial charge in [-0.1, -0.05) is 6.92 Å². The molecule has 1 heterocycles. The quantitative estimate of drug-likeness (QED) is 0.589. The molecule has 1 atom stereocenters. The van der Waals surface area contributed by atoms with Crippen LogP contribution in [0.4, 0.5) is 0 Å². The number of hydrogen-bond acceptors (Lipinski definition) is 5. The molecule has 0 radical (unpaired) electrons. The minimum atomic E-state index is -0.327. The molecule has 0 spiro atoms. The first-order chi connectivity index (χ1) is 6.69. The molecule has 1 unspecified atom stereocenters. The topological polar surface area (TPSA) is 55.8 Å². The summed E-state index contributed by atoms with van der Waals surface area (Å²) in [5, 5.41) is 0. The molecule has 1 aliphatic heterocycles. The van der Waals surface area contributed by atoms with Gasteiger partial charge in [-0.05, 0) is 6.54 Å². The van der Waals surface area contributed by atoms with Gasteiger partial charge < -0.3 is 9.47 Å². The van der Waals surface area contributed by atoms with Crippen LogP contribution >= 0.6 is 0 Å². The normalized spacial score (nSPS) is 21.1. The van der Waals surface area contributed by atoms with Gasteiger partial charge in [0.2, 0.25) is 0 Å². The second kappa shape index (κ2) is 4.95. The van der Waals surface area contributed by atoms with E-state index >= 15 is 0 Å². The van der Waals surface area contributed by atoms with Crippen molar-refractivity contribution in [2.24, 2.45) is 0 Å². The molecule has 0 aromatic rings. The second-order valence-corrected chi connectivity index (χ2v) is 3.11. The minimum Gasteiger partial charge on any atom is -0.468 e. The van der Waals surface area contributed by atoms with Gasteiger partial charge in [-0.25, -0.2) is 0 Å². The summed E-state index contributed by atoms with van der Waals surface area (Å²) in [6.45, 7) is 3.12. The van der Waals surface area contributed by atoms with Crippen LogP contribution in [0.3, 0.4) is 0 Å². The number of rotatable bonds is 4. The molecule has 0 aromatic carbocycles. The van der Waals surface area contributed by atoms with Crippen LogP contribution in [-0.4, -0.2) is 49.7 Å². The van der Waals surface area contributed by atoms with Crippen molar-refractivity contribution >= 4 is 11.9 Å². The lowest BCUT2D eigenvalue weighted by Crippen LogP contribution is -2.41. The number of carbonyl (C=O) groups excluding carboxylic acids is 2. The maximum Gasteiger partial charge on any atom is 0.323 e. The second-order valence-electron chi connectivity index (χ2n) is 3.11. The van der Waals surface area contributed by atoms with Crippen molar-refractivity contribution in [1.29, 1.82) is 0 Å². The molecule has 1 rings (SSSR count). The molecule has 1 aliphatic rings. The molecule has 1 saturated heterocycles. The average Bonchev–Trinajstić information content (AvgIpc) is 2.60. The van der Waals surface area contributed by atoms with Crippen molar-refractivity contribution in [1.82, 2.24) is 4.90 Å². The van der Waals surface area contributed by atoms with E-state index in [0.29, 0.717) is 19.6 Å². The Bertz CT molecular complexity index is 229. The summed E-state index contributed by atoms with van der Waals surface area (Å²) in [4.78, 5) is 24.0. The third-order valence-electron chi connectivity index (χ3n) is 2.31. The van der Waals surface area contributed by atoms with E-state index in [9.17, 15) is 9.59 Å². The molecule has 1 fully saturated rings. The Morgan fingerprint density at radius 2 is 2.43 bits per heavy atom. The van der Waals surface area contributed by atoms with Gasteiger partial charge in [0.1, 0.15) is 6.04 Å². The van der Waals surface area contributed by atoms with Gasteiger partial charge in [0.25, 0.3) is 0 Å². The van der Waals surface area contributed by atoms with Crippen LogP contribution in [0.25, 0.3) is 0 Å². The van der Waals surface area contributed by atoms with E-state index in [1.54, 1.807) is 4.90 Å². The summed E-state index contributed by atoms with van der Waals surface area (Å²) in [5.74, 6) is -0.567. The first-order valence-electron chi connectivity index (χ1n) is 4.66. The monoisotopic (exact) mass is 201 g/mol. The van der Waals surface area contributed by atoms with E-state index in [-0.39, 0.29) is 24.5 Å². The summed E-state index contributed by atoms with van der Waals surface area (Å²) in [7, 11) is 1.34. The standard InChI is InChI=1S/C9H15NO4/c1-3-10(6-8(11)13-2)7-4-5-14-9(7)12/h7H,3-6H2,1-2H3. The number of ether oxygens (including phenoxy) is 2. The first-order valence-corrected chi connectivity index (χ1v) is 4.66. The van der Waals surface area contributed by atoms with Crippen LogP contribution in [-0.2, 0) is 19.1 Å². The third-order valence-corrected chi connectivity index (χ3v) is 2.31. The van der Waals surface area contributed by atoms with Crippen molar-refractivity contribution in [3.63, 3.8) is 0 Å². The Hall–Kier alpha value is -1.10. The fourth-order valence-corrected chi connectivity index (χ4v) is 1.49. The smallest absolute Gasteiger partial charge is 0.323 e. The zero-order chi connectivity index (χ0) is 10.6. The fraction of sp³-hybridized carbons (Fsp3) is 0.778.